The maximum Gasteiger partial charge on any atom is 0.194 e. The maximum absolute atomic E-state index is 13.1. The lowest BCUT2D eigenvalue weighted by Gasteiger charge is -2.21. The number of hydrogen-bond donors (Lipinski definition) is 1. The second kappa shape index (κ2) is 5.74. The van der Waals surface area contributed by atoms with Gasteiger partial charge in [0, 0.05) is 0 Å². The van der Waals surface area contributed by atoms with E-state index in [0.29, 0.717) is 0 Å². The van der Waals surface area contributed by atoms with Gasteiger partial charge in [0.15, 0.2) is 17.5 Å². The van der Waals surface area contributed by atoms with Crippen LogP contribution in [0.25, 0.3) is 0 Å². The Hall–Kier alpha value is -1.03. The van der Waals surface area contributed by atoms with Crippen molar-refractivity contribution in [3.05, 3.63) is 35.1 Å². The highest BCUT2D eigenvalue weighted by Crippen LogP contribution is 2.34. The molecule has 0 spiro atoms. The maximum atomic E-state index is 13.1. The number of rotatable bonds is 2. The molecule has 1 aromatic carbocycles. The van der Waals surface area contributed by atoms with Crippen LogP contribution in [0.4, 0.5) is 13.2 Å². The number of benzene rings is 1. The summed E-state index contributed by atoms with van der Waals surface area (Å²) in [7, 11) is 0. The molecule has 18 heavy (non-hydrogen) atoms. The molecule has 0 aliphatic heterocycles. The Kier molecular flexibility index (Phi) is 4.27. The molecule has 100 valence electrons. The van der Waals surface area contributed by atoms with E-state index < -0.39 is 23.6 Å². The molecule has 0 heterocycles. The van der Waals surface area contributed by atoms with Crippen LogP contribution in [0.5, 0.6) is 0 Å². The van der Waals surface area contributed by atoms with Gasteiger partial charge in [-0.3, -0.25) is 0 Å². The van der Waals surface area contributed by atoms with Gasteiger partial charge in [0.1, 0.15) is 0 Å². The summed E-state index contributed by atoms with van der Waals surface area (Å²) < 4.78 is 39.1. The SMILES string of the molecule is OC(c1cc(F)c(F)c(F)c1)C1CCCCCC1. The normalized spacial score (nSPS) is 19.6. The van der Waals surface area contributed by atoms with Gasteiger partial charge in [0.05, 0.1) is 6.10 Å². The third-order valence-corrected chi connectivity index (χ3v) is 3.69. The van der Waals surface area contributed by atoms with Crippen molar-refractivity contribution in [1.29, 1.82) is 0 Å². The van der Waals surface area contributed by atoms with Crippen LogP contribution in [-0.4, -0.2) is 5.11 Å². The third kappa shape index (κ3) is 2.86. The van der Waals surface area contributed by atoms with Crippen molar-refractivity contribution in [2.24, 2.45) is 5.92 Å². The van der Waals surface area contributed by atoms with E-state index in [1.807, 2.05) is 0 Å². The van der Waals surface area contributed by atoms with Crippen molar-refractivity contribution < 1.29 is 18.3 Å². The highest BCUT2D eigenvalue weighted by atomic mass is 19.2. The molecule has 1 fully saturated rings. The highest BCUT2D eigenvalue weighted by Gasteiger charge is 2.24. The smallest absolute Gasteiger partial charge is 0.194 e. The topological polar surface area (TPSA) is 20.2 Å². The van der Waals surface area contributed by atoms with E-state index >= 15 is 0 Å². The van der Waals surface area contributed by atoms with E-state index in [1.165, 1.54) is 0 Å². The monoisotopic (exact) mass is 258 g/mol. The largest absolute Gasteiger partial charge is 0.388 e. The molecule has 2 rings (SSSR count). The molecular formula is C14H17F3O. The summed E-state index contributed by atoms with van der Waals surface area (Å²) >= 11 is 0. The Labute approximate surface area is 105 Å². The summed E-state index contributed by atoms with van der Waals surface area (Å²) in [6, 6.07) is 1.79. The average Bonchev–Trinajstić information content (AvgIpc) is 2.63. The van der Waals surface area contributed by atoms with E-state index in [0.717, 1.165) is 50.7 Å². The Morgan fingerprint density at radius 2 is 1.44 bits per heavy atom. The van der Waals surface area contributed by atoms with Crippen LogP contribution in [0.15, 0.2) is 12.1 Å². The summed E-state index contributed by atoms with van der Waals surface area (Å²) in [5.74, 6) is -3.95. The first kappa shape index (κ1) is 13.4. The number of aliphatic hydroxyl groups excluding tert-OH is 1. The molecule has 1 aliphatic carbocycles. The molecule has 0 amide bonds. The van der Waals surface area contributed by atoms with Crippen LogP contribution < -0.4 is 0 Å². The van der Waals surface area contributed by atoms with Crippen molar-refractivity contribution >= 4 is 0 Å². The molecule has 1 nitrogen and oxygen atoms in total. The zero-order chi connectivity index (χ0) is 13.1. The fraction of sp³-hybridized carbons (Fsp3) is 0.571. The molecule has 4 heteroatoms. The lowest BCUT2D eigenvalue weighted by atomic mass is 9.89. The quantitative estimate of drug-likeness (QED) is 0.625. The van der Waals surface area contributed by atoms with E-state index in [2.05, 4.69) is 0 Å². The zero-order valence-electron chi connectivity index (χ0n) is 10.1. The molecule has 1 N–H and O–H groups in total. The van der Waals surface area contributed by atoms with Gasteiger partial charge in [-0.05, 0) is 36.5 Å². The second-order valence-corrected chi connectivity index (χ2v) is 5.00. The molecule has 0 saturated heterocycles. The van der Waals surface area contributed by atoms with Crippen LogP contribution in [0.2, 0.25) is 0 Å². The van der Waals surface area contributed by atoms with E-state index in [9.17, 15) is 18.3 Å². The highest BCUT2D eigenvalue weighted by molar-refractivity contribution is 5.22. The Morgan fingerprint density at radius 3 is 1.94 bits per heavy atom. The molecule has 1 atom stereocenters. The van der Waals surface area contributed by atoms with Gasteiger partial charge in [-0.2, -0.15) is 0 Å². The van der Waals surface area contributed by atoms with Crippen LogP contribution >= 0.6 is 0 Å². The minimum Gasteiger partial charge on any atom is -0.388 e. The fourth-order valence-electron chi connectivity index (χ4n) is 2.64. The Morgan fingerprint density at radius 1 is 0.944 bits per heavy atom. The first-order chi connectivity index (χ1) is 8.59. The molecule has 1 aromatic rings. The van der Waals surface area contributed by atoms with Gasteiger partial charge in [0.2, 0.25) is 0 Å². The van der Waals surface area contributed by atoms with Gasteiger partial charge in [-0.1, -0.05) is 25.7 Å². The van der Waals surface area contributed by atoms with Gasteiger partial charge >= 0.3 is 0 Å². The van der Waals surface area contributed by atoms with Crippen LogP contribution in [0, 0.1) is 23.4 Å². The minimum absolute atomic E-state index is 0.0109. The fourth-order valence-corrected chi connectivity index (χ4v) is 2.64. The first-order valence-electron chi connectivity index (χ1n) is 6.42. The van der Waals surface area contributed by atoms with Gasteiger partial charge in [-0.25, -0.2) is 13.2 Å². The summed E-state index contributed by atoms with van der Waals surface area (Å²) in [6.45, 7) is 0. The average molecular weight is 258 g/mol. The number of hydrogen-bond acceptors (Lipinski definition) is 1. The molecule has 0 bridgehead atoms. The lowest BCUT2D eigenvalue weighted by molar-refractivity contribution is 0.0979. The Bertz CT molecular complexity index is 388. The summed E-state index contributed by atoms with van der Waals surface area (Å²) in [5.41, 5.74) is 0.137. The van der Waals surface area contributed by atoms with Crippen LogP contribution in [0.1, 0.15) is 50.2 Å². The summed E-state index contributed by atoms with van der Waals surface area (Å²) in [6.07, 6.45) is 5.10. The van der Waals surface area contributed by atoms with Crippen molar-refractivity contribution in [2.75, 3.05) is 0 Å². The molecular weight excluding hydrogens is 241 g/mol. The standard InChI is InChI=1S/C14H17F3O/c15-11-7-10(8-12(16)13(11)17)14(18)9-5-3-1-2-4-6-9/h7-9,14,18H,1-6H2. The van der Waals surface area contributed by atoms with Crippen molar-refractivity contribution in [3.8, 4) is 0 Å². The number of aliphatic hydroxyl groups is 1. The molecule has 1 aliphatic rings. The Balaban J connectivity index is 2.19. The molecule has 1 saturated carbocycles. The van der Waals surface area contributed by atoms with Gasteiger partial charge in [-0.15, -0.1) is 0 Å². The summed E-state index contributed by atoms with van der Waals surface area (Å²) in [5, 5.41) is 10.2. The molecule has 1 unspecified atom stereocenters. The van der Waals surface area contributed by atoms with Gasteiger partial charge < -0.3 is 5.11 Å². The van der Waals surface area contributed by atoms with Crippen molar-refractivity contribution in [1.82, 2.24) is 0 Å². The summed E-state index contributed by atoms with van der Waals surface area (Å²) in [4.78, 5) is 0. The predicted octanol–water partition coefficient (Wildman–Crippen LogP) is 4.11. The minimum atomic E-state index is -1.48. The van der Waals surface area contributed by atoms with E-state index in [4.69, 9.17) is 0 Å². The van der Waals surface area contributed by atoms with Gasteiger partial charge in [0.25, 0.3) is 0 Å². The van der Waals surface area contributed by atoms with Crippen LogP contribution in [0.3, 0.4) is 0 Å². The number of halogens is 3. The van der Waals surface area contributed by atoms with E-state index in [1.54, 1.807) is 0 Å². The van der Waals surface area contributed by atoms with E-state index in [-0.39, 0.29) is 11.5 Å². The molecule has 0 aromatic heterocycles. The third-order valence-electron chi connectivity index (χ3n) is 3.69. The van der Waals surface area contributed by atoms with Crippen LogP contribution in [-0.2, 0) is 0 Å². The first-order valence-corrected chi connectivity index (χ1v) is 6.42. The second-order valence-electron chi connectivity index (χ2n) is 5.00. The zero-order valence-corrected chi connectivity index (χ0v) is 10.1. The van der Waals surface area contributed by atoms with Crippen molar-refractivity contribution in [2.45, 2.75) is 44.6 Å². The predicted molar refractivity (Wildman–Crippen MR) is 62.5 cm³/mol. The molecule has 0 radical (unpaired) electrons. The lowest BCUT2D eigenvalue weighted by Crippen LogP contribution is -2.13. The van der Waals surface area contributed by atoms with Crippen molar-refractivity contribution in [3.63, 3.8) is 0 Å².